The molecule has 1 heterocycles. The number of aliphatic imine (C=N–C) groups is 1. The summed E-state index contributed by atoms with van der Waals surface area (Å²) in [6.07, 6.45) is -2.98. The molecule has 1 N–H and O–H groups in total. The molecule has 2 aromatic rings. The van der Waals surface area contributed by atoms with Crippen molar-refractivity contribution in [1.29, 1.82) is 0 Å². The monoisotopic (exact) mass is 384 g/mol. The number of aromatic nitrogens is 3. The normalized spacial score (nSPS) is 12.1. The summed E-state index contributed by atoms with van der Waals surface area (Å²) >= 11 is 0. The van der Waals surface area contributed by atoms with Crippen molar-refractivity contribution in [3.05, 3.63) is 42.0 Å². The van der Waals surface area contributed by atoms with Crippen molar-refractivity contribution in [2.45, 2.75) is 19.6 Å². The van der Waals surface area contributed by atoms with Crippen LogP contribution in [-0.2, 0) is 19.8 Å². The average molecular weight is 384 g/mol. The number of nitrogens with zero attached hydrogens (tertiary/aromatic N) is 5. The lowest BCUT2D eigenvalue weighted by atomic mass is 10.2. The second-order valence-corrected chi connectivity index (χ2v) is 5.73. The molecule has 1 aromatic carbocycles. The molecule has 0 radical (unpaired) electrons. The maximum Gasteiger partial charge on any atom is 0.419 e. The van der Waals surface area contributed by atoms with Crippen molar-refractivity contribution in [3.8, 4) is 5.75 Å². The molecule has 0 aliphatic heterocycles. The van der Waals surface area contributed by atoms with E-state index in [1.807, 2.05) is 18.9 Å². The Morgan fingerprint density at radius 1 is 1.33 bits per heavy atom. The summed E-state index contributed by atoms with van der Waals surface area (Å²) in [6, 6.07) is 5.14. The largest absolute Gasteiger partial charge is 0.491 e. The summed E-state index contributed by atoms with van der Waals surface area (Å²) in [5.41, 5.74) is -0.791. The molecule has 27 heavy (non-hydrogen) atoms. The van der Waals surface area contributed by atoms with Crippen LogP contribution in [0.15, 0.2) is 35.6 Å². The van der Waals surface area contributed by atoms with E-state index < -0.39 is 11.7 Å². The molecule has 0 saturated heterocycles. The maximum absolute atomic E-state index is 13.0. The van der Waals surface area contributed by atoms with E-state index in [1.54, 1.807) is 11.7 Å². The Balaban J connectivity index is 1.97. The number of halogens is 3. The summed E-state index contributed by atoms with van der Waals surface area (Å²) < 4.78 is 45.9. The molecule has 0 fully saturated rings. The van der Waals surface area contributed by atoms with Crippen LogP contribution in [0, 0.1) is 0 Å². The maximum atomic E-state index is 13.0. The molecule has 7 nitrogen and oxygen atoms in total. The van der Waals surface area contributed by atoms with Gasteiger partial charge in [0.05, 0.1) is 18.7 Å². The number of guanidine groups is 1. The van der Waals surface area contributed by atoms with Crippen LogP contribution in [0.4, 0.5) is 13.2 Å². The quantitative estimate of drug-likeness (QED) is 0.451. The van der Waals surface area contributed by atoms with Gasteiger partial charge in [0.25, 0.3) is 0 Å². The minimum atomic E-state index is -4.45. The first-order valence-corrected chi connectivity index (χ1v) is 8.44. The van der Waals surface area contributed by atoms with Crippen LogP contribution in [0.1, 0.15) is 18.3 Å². The lowest BCUT2D eigenvalue weighted by molar-refractivity contribution is -0.138. The second kappa shape index (κ2) is 9.24. The molecule has 0 saturated carbocycles. The van der Waals surface area contributed by atoms with Gasteiger partial charge in [-0.15, -0.1) is 0 Å². The molecular formula is C17H23F3N6O. The fourth-order valence-electron chi connectivity index (χ4n) is 2.35. The number of para-hydroxylation sites is 1. The van der Waals surface area contributed by atoms with E-state index in [-0.39, 0.29) is 18.9 Å². The molecule has 0 spiro atoms. The zero-order valence-electron chi connectivity index (χ0n) is 15.5. The lowest BCUT2D eigenvalue weighted by Gasteiger charge is -2.21. The van der Waals surface area contributed by atoms with E-state index in [1.165, 1.54) is 24.5 Å². The Morgan fingerprint density at radius 2 is 2.07 bits per heavy atom. The number of rotatable bonds is 7. The minimum absolute atomic E-state index is 0.0276. The summed E-state index contributed by atoms with van der Waals surface area (Å²) in [7, 11) is 3.64. The molecular weight excluding hydrogens is 361 g/mol. The number of hydrogen-bond acceptors (Lipinski definition) is 4. The van der Waals surface area contributed by atoms with Crippen molar-refractivity contribution < 1.29 is 17.9 Å². The SMILES string of the molecule is CCNC(=NCCOc1ccccc1C(F)(F)F)N(C)Cc1ncnn1C. The van der Waals surface area contributed by atoms with E-state index in [4.69, 9.17) is 4.74 Å². The van der Waals surface area contributed by atoms with Gasteiger partial charge in [0, 0.05) is 20.6 Å². The highest BCUT2D eigenvalue weighted by Gasteiger charge is 2.33. The van der Waals surface area contributed by atoms with Gasteiger partial charge in [0.15, 0.2) is 5.96 Å². The Kier molecular flexibility index (Phi) is 7.03. The van der Waals surface area contributed by atoms with Crippen LogP contribution in [0.5, 0.6) is 5.75 Å². The van der Waals surface area contributed by atoms with Gasteiger partial charge in [-0.05, 0) is 19.1 Å². The lowest BCUT2D eigenvalue weighted by Crippen LogP contribution is -2.39. The van der Waals surface area contributed by atoms with Crippen LogP contribution >= 0.6 is 0 Å². The number of hydrogen-bond donors (Lipinski definition) is 1. The third-order valence-corrected chi connectivity index (χ3v) is 3.68. The van der Waals surface area contributed by atoms with Crippen LogP contribution in [0.25, 0.3) is 0 Å². The first-order valence-electron chi connectivity index (χ1n) is 8.44. The van der Waals surface area contributed by atoms with E-state index in [0.29, 0.717) is 19.0 Å². The number of benzene rings is 1. The highest BCUT2D eigenvalue weighted by molar-refractivity contribution is 5.79. The standard InChI is InChI=1S/C17H23F3N6O/c1-4-21-16(25(2)11-15-23-12-24-26(15)3)22-9-10-27-14-8-6-5-7-13(14)17(18,19)20/h5-8,12H,4,9-11H2,1-3H3,(H,21,22). The van der Waals surface area contributed by atoms with E-state index in [9.17, 15) is 13.2 Å². The zero-order chi connectivity index (χ0) is 19.9. The van der Waals surface area contributed by atoms with Gasteiger partial charge >= 0.3 is 6.18 Å². The predicted molar refractivity (Wildman–Crippen MR) is 95.4 cm³/mol. The van der Waals surface area contributed by atoms with Crippen LogP contribution < -0.4 is 10.1 Å². The first-order chi connectivity index (χ1) is 12.8. The first kappa shape index (κ1) is 20.5. The van der Waals surface area contributed by atoms with Crippen LogP contribution in [0.3, 0.4) is 0 Å². The minimum Gasteiger partial charge on any atom is -0.491 e. The van der Waals surface area contributed by atoms with Crippen LogP contribution in [-0.4, -0.2) is 52.4 Å². The fourth-order valence-corrected chi connectivity index (χ4v) is 2.35. The van der Waals surface area contributed by atoms with Gasteiger partial charge in [-0.3, -0.25) is 4.68 Å². The molecule has 0 amide bonds. The summed E-state index contributed by atoms with van der Waals surface area (Å²) in [4.78, 5) is 10.4. The molecule has 1 aromatic heterocycles. The molecule has 0 aliphatic rings. The zero-order valence-corrected chi connectivity index (χ0v) is 15.5. The molecule has 0 atom stereocenters. The number of ether oxygens (including phenoxy) is 1. The molecule has 0 unspecified atom stereocenters. The Hall–Kier alpha value is -2.78. The fraction of sp³-hybridized carbons (Fsp3) is 0.471. The smallest absolute Gasteiger partial charge is 0.419 e. The third-order valence-electron chi connectivity index (χ3n) is 3.68. The van der Waals surface area contributed by atoms with Gasteiger partial charge in [0.2, 0.25) is 0 Å². The van der Waals surface area contributed by atoms with Crippen molar-refractivity contribution >= 4 is 5.96 Å². The molecule has 148 valence electrons. The second-order valence-electron chi connectivity index (χ2n) is 5.73. The van der Waals surface area contributed by atoms with Gasteiger partial charge in [0.1, 0.15) is 24.5 Å². The number of aryl methyl sites for hydroxylation is 1. The summed E-state index contributed by atoms with van der Waals surface area (Å²) in [5.74, 6) is 1.17. The highest BCUT2D eigenvalue weighted by atomic mass is 19.4. The Morgan fingerprint density at radius 3 is 2.70 bits per heavy atom. The Bertz CT molecular complexity index is 759. The number of alkyl halides is 3. The van der Waals surface area contributed by atoms with Gasteiger partial charge < -0.3 is 15.0 Å². The summed E-state index contributed by atoms with van der Waals surface area (Å²) in [6.45, 7) is 3.30. The molecule has 2 rings (SSSR count). The van der Waals surface area contributed by atoms with Crippen molar-refractivity contribution in [3.63, 3.8) is 0 Å². The number of nitrogens with one attached hydrogen (secondary N) is 1. The van der Waals surface area contributed by atoms with E-state index in [2.05, 4.69) is 20.4 Å². The average Bonchev–Trinajstić information content (AvgIpc) is 3.02. The summed E-state index contributed by atoms with van der Waals surface area (Å²) in [5, 5.41) is 7.15. The van der Waals surface area contributed by atoms with E-state index >= 15 is 0 Å². The van der Waals surface area contributed by atoms with Crippen LogP contribution in [0.2, 0.25) is 0 Å². The van der Waals surface area contributed by atoms with Gasteiger partial charge in [-0.1, -0.05) is 12.1 Å². The highest BCUT2D eigenvalue weighted by Crippen LogP contribution is 2.35. The van der Waals surface area contributed by atoms with Gasteiger partial charge in [-0.25, -0.2) is 9.98 Å². The van der Waals surface area contributed by atoms with E-state index in [0.717, 1.165) is 11.9 Å². The molecule has 0 bridgehead atoms. The Labute approximate surface area is 155 Å². The predicted octanol–water partition coefficient (Wildman–Crippen LogP) is 2.31. The topological polar surface area (TPSA) is 67.6 Å². The third kappa shape index (κ3) is 5.87. The van der Waals surface area contributed by atoms with Crippen molar-refractivity contribution in [2.24, 2.45) is 12.0 Å². The van der Waals surface area contributed by atoms with Crippen molar-refractivity contribution in [2.75, 3.05) is 26.7 Å². The van der Waals surface area contributed by atoms with Gasteiger partial charge in [-0.2, -0.15) is 18.3 Å². The molecule has 10 heteroatoms. The van der Waals surface area contributed by atoms with Crippen molar-refractivity contribution in [1.82, 2.24) is 25.0 Å². The molecule has 0 aliphatic carbocycles.